The highest BCUT2D eigenvalue weighted by molar-refractivity contribution is 7.89. The van der Waals surface area contributed by atoms with Crippen LogP contribution in [0.4, 0.5) is 0 Å². The fourth-order valence-electron chi connectivity index (χ4n) is 0.864. The number of hydrogen-bond donors (Lipinski definition) is 3. The molecule has 4 N–H and O–H groups in total. The predicted octanol–water partition coefficient (Wildman–Crippen LogP) is 1.02. The maximum absolute atomic E-state index is 11.7. The zero-order chi connectivity index (χ0) is 12.3. The summed E-state index contributed by atoms with van der Waals surface area (Å²) in [5, 5.41) is -0.136. The van der Waals surface area contributed by atoms with Gasteiger partial charge in [-0.25, -0.2) is 8.42 Å². The zero-order valence-electron chi connectivity index (χ0n) is 7.70. The SMILES string of the molecule is NC(=S)NNS(=O)(=O)c1cccc(Cl)c1Cl. The number of thiocarbonyl (C=S) groups is 1. The van der Waals surface area contributed by atoms with Crippen LogP contribution in [-0.2, 0) is 10.0 Å². The molecule has 0 radical (unpaired) electrons. The van der Waals surface area contributed by atoms with Gasteiger partial charge in [-0.05, 0) is 24.4 Å². The summed E-state index contributed by atoms with van der Waals surface area (Å²) in [5.74, 6) is 0. The molecule has 0 amide bonds. The predicted molar refractivity (Wildman–Crippen MR) is 66.7 cm³/mol. The van der Waals surface area contributed by atoms with Crippen molar-refractivity contribution in [3.63, 3.8) is 0 Å². The lowest BCUT2D eigenvalue weighted by Crippen LogP contribution is -2.44. The van der Waals surface area contributed by atoms with Crippen molar-refractivity contribution in [3.05, 3.63) is 28.2 Å². The maximum Gasteiger partial charge on any atom is 0.258 e. The van der Waals surface area contributed by atoms with E-state index in [1.54, 1.807) is 0 Å². The fourth-order valence-corrected chi connectivity index (χ4v) is 2.60. The molecule has 1 rings (SSSR count). The molecule has 0 aliphatic heterocycles. The Bertz CT molecular complexity index is 518. The molecular weight excluding hydrogens is 293 g/mol. The number of benzene rings is 1. The molecule has 88 valence electrons. The van der Waals surface area contributed by atoms with Gasteiger partial charge in [0.2, 0.25) is 0 Å². The molecule has 16 heavy (non-hydrogen) atoms. The summed E-state index contributed by atoms with van der Waals surface area (Å²) in [7, 11) is -3.85. The maximum atomic E-state index is 11.7. The molecule has 5 nitrogen and oxygen atoms in total. The van der Waals surface area contributed by atoms with Crippen molar-refractivity contribution in [1.29, 1.82) is 0 Å². The molecule has 0 spiro atoms. The summed E-state index contributed by atoms with van der Waals surface area (Å²) >= 11 is 15.9. The molecule has 0 unspecified atom stereocenters. The first-order chi connectivity index (χ1) is 7.34. The van der Waals surface area contributed by atoms with Crippen molar-refractivity contribution in [2.75, 3.05) is 0 Å². The fraction of sp³-hybridized carbons (Fsp3) is 0. The van der Waals surface area contributed by atoms with Gasteiger partial charge in [0.1, 0.15) is 4.90 Å². The van der Waals surface area contributed by atoms with Crippen molar-refractivity contribution in [2.45, 2.75) is 4.90 Å². The van der Waals surface area contributed by atoms with E-state index in [1.807, 2.05) is 4.83 Å². The van der Waals surface area contributed by atoms with E-state index in [2.05, 4.69) is 17.6 Å². The van der Waals surface area contributed by atoms with E-state index in [4.69, 9.17) is 28.9 Å². The third-order valence-electron chi connectivity index (χ3n) is 1.51. The Morgan fingerprint density at radius 1 is 1.38 bits per heavy atom. The van der Waals surface area contributed by atoms with E-state index in [9.17, 15) is 8.42 Å². The minimum atomic E-state index is -3.85. The quantitative estimate of drug-likeness (QED) is 0.573. The van der Waals surface area contributed by atoms with E-state index in [1.165, 1.54) is 18.2 Å². The second-order valence-corrected chi connectivity index (χ2v) is 5.52. The summed E-state index contributed by atoms with van der Waals surface area (Å²) in [6.45, 7) is 0. The smallest absolute Gasteiger partial charge is 0.258 e. The lowest BCUT2D eigenvalue weighted by molar-refractivity contribution is 0.577. The molecule has 0 heterocycles. The second kappa shape index (κ2) is 5.15. The van der Waals surface area contributed by atoms with Gasteiger partial charge in [0.25, 0.3) is 10.0 Å². The van der Waals surface area contributed by atoms with E-state index < -0.39 is 10.0 Å². The van der Waals surface area contributed by atoms with Crippen LogP contribution in [0.2, 0.25) is 10.0 Å². The summed E-state index contributed by atoms with van der Waals surface area (Å²) in [6.07, 6.45) is 0. The van der Waals surface area contributed by atoms with Crippen LogP contribution in [-0.4, -0.2) is 13.5 Å². The number of rotatable bonds is 3. The first kappa shape index (κ1) is 13.5. The van der Waals surface area contributed by atoms with Crippen molar-refractivity contribution in [3.8, 4) is 0 Å². The molecule has 0 saturated carbocycles. The Morgan fingerprint density at radius 2 is 2.00 bits per heavy atom. The number of nitrogens with two attached hydrogens (primary N) is 1. The molecule has 0 aromatic heterocycles. The molecule has 9 heteroatoms. The molecule has 0 aliphatic carbocycles. The van der Waals surface area contributed by atoms with Gasteiger partial charge in [0.15, 0.2) is 5.11 Å². The van der Waals surface area contributed by atoms with Gasteiger partial charge in [-0.1, -0.05) is 29.3 Å². The number of hydrogen-bond acceptors (Lipinski definition) is 3. The van der Waals surface area contributed by atoms with Crippen LogP contribution in [0.3, 0.4) is 0 Å². The summed E-state index contributed by atoms with van der Waals surface area (Å²) in [5.41, 5.74) is 7.18. The topological polar surface area (TPSA) is 84.2 Å². The first-order valence-corrected chi connectivity index (χ1v) is 6.50. The molecular formula is C7H7Cl2N3O2S2. The summed E-state index contributed by atoms with van der Waals surface area (Å²) in [4.78, 5) is 1.79. The summed E-state index contributed by atoms with van der Waals surface area (Å²) < 4.78 is 23.4. The highest BCUT2D eigenvalue weighted by Gasteiger charge is 2.19. The molecule has 0 aliphatic rings. The number of halogens is 2. The van der Waals surface area contributed by atoms with Crippen LogP contribution in [0, 0.1) is 0 Å². The zero-order valence-corrected chi connectivity index (χ0v) is 10.8. The van der Waals surface area contributed by atoms with Crippen LogP contribution in [0.1, 0.15) is 0 Å². The average Bonchev–Trinajstić information content (AvgIpc) is 2.19. The Kier molecular flexibility index (Phi) is 4.34. The van der Waals surface area contributed by atoms with Crippen molar-refractivity contribution >= 4 is 50.6 Å². The second-order valence-electron chi connectivity index (χ2n) is 2.65. The number of nitrogens with one attached hydrogen (secondary N) is 2. The van der Waals surface area contributed by atoms with E-state index in [-0.39, 0.29) is 20.1 Å². The minimum absolute atomic E-state index is 0.0681. The van der Waals surface area contributed by atoms with E-state index in [0.717, 1.165) is 0 Å². The largest absolute Gasteiger partial charge is 0.375 e. The lowest BCUT2D eigenvalue weighted by Gasteiger charge is -2.09. The van der Waals surface area contributed by atoms with Gasteiger partial charge in [0.05, 0.1) is 10.0 Å². The number of hydrazine groups is 1. The lowest BCUT2D eigenvalue weighted by atomic mass is 10.4. The van der Waals surface area contributed by atoms with Crippen LogP contribution in [0.5, 0.6) is 0 Å². The third-order valence-corrected chi connectivity index (χ3v) is 3.84. The highest BCUT2D eigenvalue weighted by Crippen LogP contribution is 2.28. The van der Waals surface area contributed by atoms with Gasteiger partial charge in [0, 0.05) is 0 Å². The van der Waals surface area contributed by atoms with Crippen LogP contribution in [0.15, 0.2) is 23.1 Å². The van der Waals surface area contributed by atoms with Gasteiger partial charge < -0.3 is 5.73 Å². The van der Waals surface area contributed by atoms with Crippen molar-refractivity contribution in [1.82, 2.24) is 10.3 Å². The normalized spacial score (nSPS) is 11.1. The molecule has 0 atom stereocenters. The van der Waals surface area contributed by atoms with Crippen molar-refractivity contribution < 1.29 is 8.42 Å². The van der Waals surface area contributed by atoms with Gasteiger partial charge in [-0.15, -0.1) is 4.83 Å². The molecule has 0 saturated heterocycles. The Hall–Kier alpha value is -0.600. The molecule has 0 bridgehead atoms. The van der Waals surface area contributed by atoms with Crippen LogP contribution in [0.25, 0.3) is 0 Å². The van der Waals surface area contributed by atoms with Crippen molar-refractivity contribution in [2.24, 2.45) is 5.73 Å². The Labute approximate surface area is 108 Å². The third kappa shape index (κ3) is 3.19. The Balaban J connectivity index is 3.08. The standard InChI is InChI=1S/C7H7Cl2N3O2S2/c8-4-2-1-3-5(6(4)9)16(13,14)12-11-7(10)15/h1-3,12H,(H3,10,11,15). The number of sulfonamides is 1. The minimum Gasteiger partial charge on any atom is -0.375 e. The van der Waals surface area contributed by atoms with Gasteiger partial charge in [-0.3, -0.25) is 5.43 Å². The highest BCUT2D eigenvalue weighted by atomic mass is 35.5. The average molecular weight is 300 g/mol. The van der Waals surface area contributed by atoms with Crippen LogP contribution < -0.4 is 16.0 Å². The van der Waals surface area contributed by atoms with Gasteiger partial charge >= 0.3 is 0 Å². The van der Waals surface area contributed by atoms with Gasteiger partial charge in [-0.2, -0.15) is 0 Å². The van der Waals surface area contributed by atoms with E-state index in [0.29, 0.717) is 0 Å². The molecule has 1 aromatic carbocycles. The monoisotopic (exact) mass is 299 g/mol. The first-order valence-electron chi connectivity index (χ1n) is 3.86. The van der Waals surface area contributed by atoms with E-state index >= 15 is 0 Å². The Morgan fingerprint density at radius 3 is 2.56 bits per heavy atom. The van der Waals surface area contributed by atoms with Crippen LogP contribution >= 0.6 is 35.4 Å². The summed E-state index contributed by atoms with van der Waals surface area (Å²) in [6, 6.07) is 4.24. The molecule has 0 fully saturated rings. The molecule has 1 aromatic rings.